The minimum Gasteiger partial charge on any atom is -0.370 e. The Morgan fingerprint density at radius 2 is 1.95 bits per heavy atom. The van der Waals surface area contributed by atoms with Crippen LogP contribution >= 0.6 is 0 Å². The zero-order valence-corrected chi connectivity index (χ0v) is 12.2. The van der Waals surface area contributed by atoms with E-state index in [0.29, 0.717) is 6.04 Å². The molecule has 0 atom stereocenters. The minimum atomic E-state index is 0.0243. The number of aromatic nitrogens is 2. The van der Waals surface area contributed by atoms with Crippen LogP contribution in [0.4, 0.5) is 11.6 Å². The van der Waals surface area contributed by atoms with Gasteiger partial charge in [-0.05, 0) is 25.7 Å². The second-order valence-corrected chi connectivity index (χ2v) is 5.03. The van der Waals surface area contributed by atoms with Crippen molar-refractivity contribution in [3.05, 3.63) is 11.9 Å². The van der Waals surface area contributed by atoms with E-state index in [4.69, 9.17) is 0 Å². The molecule has 0 aromatic carbocycles. The van der Waals surface area contributed by atoms with Crippen LogP contribution in [0.3, 0.4) is 0 Å². The fourth-order valence-electron chi connectivity index (χ4n) is 1.97. The quantitative estimate of drug-likeness (QED) is 0.672. The molecule has 20 heavy (non-hydrogen) atoms. The zero-order chi connectivity index (χ0) is 14.4. The highest BCUT2D eigenvalue weighted by Gasteiger charge is 2.23. The molecule has 6 nitrogen and oxygen atoms in total. The summed E-state index contributed by atoms with van der Waals surface area (Å²) in [5.74, 6) is 1.62. The zero-order valence-electron chi connectivity index (χ0n) is 12.2. The molecule has 0 saturated heterocycles. The third-order valence-corrected chi connectivity index (χ3v) is 3.20. The monoisotopic (exact) mass is 277 g/mol. The summed E-state index contributed by atoms with van der Waals surface area (Å²) in [6, 6.07) is 0.391. The standard InChI is InChI=1S/C14H23N5O/c1-3-7-15-13-11(4-2)14(18-9-17-13)16-8-12(20)19-10-5-6-10/h9-10H,3-8H2,1-2H3,(H,19,20)(H2,15,16,17,18). The summed E-state index contributed by atoms with van der Waals surface area (Å²) in [6.45, 7) is 5.31. The lowest BCUT2D eigenvalue weighted by molar-refractivity contribution is -0.119. The summed E-state index contributed by atoms with van der Waals surface area (Å²) in [5, 5.41) is 9.35. The number of amides is 1. The van der Waals surface area contributed by atoms with Crippen molar-refractivity contribution in [2.24, 2.45) is 0 Å². The van der Waals surface area contributed by atoms with Gasteiger partial charge in [0.25, 0.3) is 0 Å². The van der Waals surface area contributed by atoms with Gasteiger partial charge in [-0.3, -0.25) is 4.79 Å². The van der Waals surface area contributed by atoms with Gasteiger partial charge in [0.2, 0.25) is 5.91 Å². The number of nitrogens with one attached hydrogen (secondary N) is 3. The lowest BCUT2D eigenvalue weighted by Gasteiger charge is -2.14. The molecule has 1 heterocycles. The molecular weight excluding hydrogens is 254 g/mol. The molecule has 1 aromatic rings. The predicted octanol–water partition coefficient (Wildman–Crippen LogP) is 1.55. The number of hydrogen-bond acceptors (Lipinski definition) is 5. The van der Waals surface area contributed by atoms with E-state index in [9.17, 15) is 4.79 Å². The van der Waals surface area contributed by atoms with Crippen LogP contribution in [0.5, 0.6) is 0 Å². The number of carbonyl (C=O) groups excluding carboxylic acids is 1. The smallest absolute Gasteiger partial charge is 0.239 e. The van der Waals surface area contributed by atoms with Crippen LogP contribution < -0.4 is 16.0 Å². The third kappa shape index (κ3) is 4.08. The van der Waals surface area contributed by atoms with Crippen molar-refractivity contribution in [3.8, 4) is 0 Å². The van der Waals surface area contributed by atoms with Crippen molar-refractivity contribution in [3.63, 3.8) is 0 Å². The van der Waals surface area contributed by atoms with Crippen LogP contribution in [0.1, 0.15) is 38.7 Å². The van der Waals surface area contributed by atoms with E-state index >= 15 is 0 Å². The fraction of sp³-hybridized carbons (Fsp3) is 0.643. The summed E-state index contributed by atoms with van der Waals surface area (Å²) in [6.07, 6.45) is 5.59. The normalized spacial score (nSPS) is 13.9. The molecule has 6 heteroatoms. The first-order chi connectivity index (χ1) is 9.74. The third-order valence-electron chi connectivity index (χ3n) is 3.20. The van der Waals surface area contributed by atoms with Crippen molar-refractivity contribution >= 4 is 17.5 Å². The number of hydrogen-bond donors (Lipinski definition) is 3. The van der Waals surface area contributed by atoms with Gasteiger partial charge >= 0.3 is 0 Å². The van der Waals surface area contributed by atoms with Gasteiger partial charge in [-0.1, -0.05) is 13.8 Å². The first-order valence-electron chi connectivity index (χ1n) is 7.35. The maximum Gasteiger partial charge on any atom is 0.239 e. The van der Waals surface area contributed by atoms with Gasteiger partial charge in [0, 0.05) is 18.2 Å². The number of anilines is 2. The SMILES string of the molecule is CCCNc1ncnc(NCC(=O)NC2CC2)c1CC. The summed E-state index contributed by atoms with van der Waals surface area (Å²) >= 11 is 0. The van der Waals surface area contributed by atoms with E-state index in [1.165, 1.54) is 6.33 Å². The van der Waals surface area contributed by atoms with Gasteiger partial charge in [0.15, 0.2) is 0 Å². The highest BCUT2D eigenvalue weighted by atomic mass is 16.2. The van der Waals surface area contributed by atoms with E-state index in [0.717, 1.165) is 49.4 Å². The number of rotatable bonds is 8. The van der Waals surface area contributed by atoms with Crippen molar-refractivity contribution in [2.45, 2.75) is 45.6 Å². The molecule has 110 valence electrons. The molecule has 0 unspecified atom stereocenters. The van der Waals surface area contributed by atoms with Gasteiger partial charge in [-0.2, -0.15) is 0 Å². The lowest BCUT2D eigenvalue weighted by atomic mass is 10.2. The second kappa shape index (κ2) is 7.07. The Balaban J connectivity index is 1.96. The first kappa shape index (κ1) is 14.6. The Hall–Kier alpha value is -1.85. The Labute approximate surface area is 119 Å². The van der Waals surface area contributed by atoms with E-state index in [1.807, 2.05) is 0 Å². The van der Waals surface area contributed by atoms with Gasteiger partial charge in [0.05, 0.1) is 6.54 Å². The highest BCUT2D eigenvalue weighted by Crippen LogP contribution is 2.21. The minimum absolute atomic E-state index is 0.0243. The summed E-state index contributed by atoms with van der Waals surface area (Å²) in [4.78, 5) is 20.2. The molecule has 1 aromatic heterocycles. The molecule has 1 aliphatic rings. The van der Waals surface area contributed by atoms with Crippen LogP contribution in [-0.2, 0) is 11.2 Å². The number of carbonyl (C=O) groups is 1. The molecule has 1 amide bonds. The molecule has 1 saturated carbocycles. The Morgan fingerprint density at radius 3 is 2.55 bits per heavy atom. The van der Waals surface area contributed by atoms with E-state index in [-0.39, 0.29) is 12.5 Å². The van der Waals surface area contributed by atoms with Crippen LogP contribution in [-0.4, -0.2) is 35.0 Å². The maximum atomic E-state index is 11.7. The fourth-order valence-corrected chi connectivity index (χ4v) is 1.97. The molecule has 2 rings (SSSR count). The molecule has 1 aliphatic carbocycles. The number of nitrogens with zero attached hydrogens (tertiary/aromatic N) is 2. The summed E-state index contributed by atoms with van der Waals surface area (Å²) in [5.41, 5.74) is 1.03. The van der Waals surface area contributed by atoms with Crippen LogP contribution in [0.15, 0.2) is 6.33 Å². The van der Waals surface area contributed by atoms with Gasteiger partial charge < -0.3 is 16.0 Å². The van der Waals surface area contributed by atoms with Crippen LogP contribution in [0, 0.1) is 0 Å². The van der Waals surface area contributed by atoms with Crippen molar-refractivity contribution < 1.29 is 4.79 Å². The van der Waals surface area contributed by atoms with Crippen LogP contribution in [0.25, 0.3) is 0 Å². The van der Waals surface area contributed by atoms with E-state index < -0.39 is 0 Å². The molecule has 0 bridgehead atoms. The second-order valence-electron chi connectivity index (χ2n) is 5.03. The molecule has 3 N–H and O–H groups in total. The van der Waals surface area contributed by atoms with Crippen molar-refractivity contribution in [2.75, 3.05) is 23.7 Å². The first-order valence-corrected chi connectivity index (χ1v) is 7.35. The Morgan fingerprint density at radius 1 is 1.25 bits per heavy atom. The molecule has 0 radical (unpaired) electrons. The lowest BCUT2D eigenvalue weighted by Crippen LogP contribution is -2.31. The highest BCUT2D eigenvalue weighted by molar-refractivity contribution is 5.81. The summed E-state index contributed by atoms with van der Waals surface area (Å²) in [7, 11) is 0. The van der Waals surface area contributed by atoms with E-state index in [1.54, 1.807) is 0 Å². The van der Waals surface area contributed by atoms with Crippen LogP contribution in [0.2, 0.25) is 0 Å². The van der Waals surface area contributed by atoms with Crippen molar-refractivity contribution in [1.29, 1.82) is 0 Å². The topological polar surface area (TPSA) is 78.9 Å². The Kier molecular flexibility index (Phi) is 5.15. The maximum absolute atomic E-state index is 11.7. The van der Waals surface area contributed by atoms with Gasteiger partial charge in [-0.15, -0.1) is 0 Å². The Bertz CT molecular complexity index is 459. The van der Waals surface area contributed by atoms with Gasteiger partial charge in [0.1, 0.15) is 18.0 Å². The molecule has 1 fully saturated rings. The largest absolute Gasteiger partial charge is 0.370 e. The predicted molar refractivity (Wildman–Crippen MR) is 79.8 cm³/mol. The van der Waals surface area contributed by atoms with Crippen molar-refractivity contribution in [1.82, 2.24) is 15.3 Å². The molecular formula is C14H23N5O. The summed E-state index contributed by atoms with van der Waals surface area (Å²) < 4.78 is 0. The van der Waals surface area contributed by atoms with E-state index in [2.05, 4.69) is 39.8 Å². The molecule has 0 spiro atoms. The van der Waals surface area contributed by atoms with Gasteiger partial charge in [-0.25, -0.2) is 9.97 Å². The average Bonchev–Trinajstić information content (AvgIpc) is 3.26. The molecule has 0 aliphatic heterocycles. The average molecular weight is 277 g/mol.